The van der Waals surface area contributed by atoms with Crippen LogP contribution in [0.1, 0.15) is 29.1 Å². The molecule has 0 aliphatic carbocycles. The topological polar surface area (TPSA) is 63.7 Å². The van der Waals surface area contributed by atoms with Crippen LogP contribution in [0.3, 0.4) is 0 Å². The number of likely N-dealkylation sites (tertiary alicyclic amines) is 2. The van der Waals surface area contributed by atoms with Gasteiger partial charge in [0.05, 0.1) is 19.4 Å². The number of amides is 1. The number of piperidine rings is 1. The van der Waals surface area contributed by atoms with Crippen LogP contribution in [0.4, 0.5) is 0 Å². The number of rotatable bonds is 5. The maximum absolute atomic E-state index is 12.8. The largest absolute Gasteiger partial charge is 0.468 e. The molecule has 0 radical (unpaired) electrons. The van der Waals surface area contributed by atoms with Crippen LogP contribution >= 0.6 is 0 Å². The summed E-state index contributed by atoms with van der Waals surface area (Å²) in [4.78, 5) is 17.2. The van der Waals surface area contributed by atoms with E-state index in [1.54, 1.807) is 30.3 Å². The van der Waals surface area contributed by atoms with Gasteiger partial charge in [-0.1, -0.05) is 0 Å². The first-order valence-corrected chi connectivity index (χ1v) is 9.62. The van der Waals surface area contributed by atoms with Gasteiger partial charge >= 0.3 is 0 Å². The summed E-state index contributed by atoms with van der Waals surface area (Å²) in [7, 11) is 3.60. The zero-order valence-corrected chi connectivity index (χ0v) is 16.1. The van der Waals surface area contributed by atoms with E-state index in [0.29, 0.717) is 11.6 Å². The second kappa shape index (κ2) is 7.48. The molecule has 0 aromatic carbocycles. The number of carbonyl (C=O) groups excluding carboxylic acids is 1. The number of methoxy groups -OCH3 is 1. The van der Waals surface area contributed by atoms with E-state index in [1.807, 2.05) is 24.1 Å². The summed E-state index contributed by atoms with van der Waals surface area (Å²) in [6, 6.07) is 5.77. The number of hydrogen-bond acceptors (Lipinski definition) is 5. The fraction of sp³-hybridized carbons (Fsp3) is 0.600. The number of ether oxygens (including phenoxy) is 1. The smallest absolute Gasteiger partial charge is 0.272 e. The van der Waals surface area contributed by atoms with Crippen molar-refractivity contribution in [3.63, 3.8) is 0 Å². The first-order chi connectivity index (χ1) is 13.1. The lowest BCUT2D eigenvalue weighted by Gasteiger charge is -2.42. The molecule has 0 bridgehead atoms. The highest BCUT2D eigenvalue weighted by molar-refractivity contribution is 5.92. The van der Waals surface area contributed by atoms with Crippen LogP contribution in [0.5, 0.6) is 0 Å². The highest BCUT2D eigenvalue weighted by Crippen LogP contribution is 2.45. The molecule has 7 heteroatoms. The Kier molecular flexibility index (Phi) is 5.06. The second-order valence-corrected chi connectivity index (χ2v) is 7.90. The molecular weight excluding hydrogens is 344 g/mol. The first kappa shape index (κ1) is 18.3. The zero-order valence-electron chi connectivity index (χ0n) is 16.1. The molecule has 2 aromatic rings. The predicted molar refractivity (Wildman–Crippen MR) is 100 cm³/mol. The third-order valence-corrected chi connectivity index (χ3v) is 6.30. The van der Waals surface area contributed by atoms with E-state index < -0.39 is 0 Å². The highest BCUT2D eigenvalue weighted by Gasteiger charge is 2.48. The van der Waals surface area contributed by atoms with Gasteiger partial charge in [-0.2, -0.15) is 5.10 Å². The van der Waals surface area contributed by atoms with E-state index in [-0.39, 0.29) is 11.3 Å². The average molecular weight is 372 g/mol. The van der Waals surface area contributed by atoms with Crippen molar-refractivity contribution in [3.05, 3.63) is 42.1 Å². The van der Waals surface area contributed by atoms with Crippen molar-refractivity contribution in [2.45, 2.75) is 19.4 Å². The van der Waals surface area contributed by atoms with Crippen LogP contribution in [0.2, 0.25) is 0 Å². The minimum Gasteiger partial charge on any atom is -0.468 e. The summed E-state index contributed by atoms with van der Waals surface area (Å²) in [5.74, 6) is 1.58. The van der Waals surface area contributed by atoms with Crippen molar-refractivity contribution >= 4 is 5.91 Å². The Morgan fingerprint density at radius 1 is 1.37 bits per heavy atom. The van der Waals surface area contributed by atoms with Gasteiger partial charge in [0, 0.05) is 52.5 Å². The van der Waals surface area contributed by atoms with Crippen LogP contribution in [0.15, 0.2) is 35.1 Å². The molecule has 2 aromatic heterocycles. The number of carbonyl (C=O) groups is 1. The first-order valence-electron chi connectivity index (χ1n) is 9.62. The number of furan rings is 1. The number of nitrogens with zero attached hydrogens (tertiary/aromatic N) is 4. The minimum atomic E-state index is 0.0820. The van der Waals surface area contributed by atoms with Crippen LogP contribution in [0, 0.1) is 11.3 Å². The number of aromatic nitrogens is 2. The molecule has 1 amide bonds. The number of hydrogen-bond donors (Lipinski definition) is 0. The third-order valence-electron chi connectivity index (χ3n) is 6.30. The predicted octanol–water partition coefficient (Wildman–Crippen LogP) is 2.01. The second-order valence-electron chi connectivity index (χ2n) is 7.90. The molecule has 2 aliphatic heterocycles. The third kappa shape index (κ3) is 3.53. The number of aryl methyl sites for hydroxylation is 1. The summed E-state index contributed by atoms with van der Waals surface area (Å²) in [5, 5.41) is 4.12. The lowest BCUT2D eigenvalue weighted by molar-refractivity contribution is 0.0316. The quantitative estimate of drug-likeness (QED) is 0.803. The maximum Gasteiger partial charge on any atom is 0.272 e. The van der Waals surface area contributed by atoms with Crippen LogP contribution in [-0.4, -0.2) is 65.4 Å². The van der Waals surface area contributed by atoms with Gasteiger partial charge in [0.2, 0.25) is 0 Å². The lowest BCUT2D eigenvalue weighted by atomic mass is 9.71. The molecule has 4 heterocycles. The molecule has 4 rings (SSSR count). The molecule has 0 unspecified atom stereocenters. The summed E-state index contributed by atoms with van der Waals surface area (Å²) >= 11 is 0. The van der Waals surface area contributed by atoms with Gasteiger partial charge < -0.3 is 14.1 Å². The fourth-order valence-electron chi connectivity index (χ4n) is 4.79. The summed E-state index contributed by atoms with van der Waals surface area (Å²) in [6.45, 7) is 5.24. The molecule has 27 heavy (non-hydrogen) atoms. The molecule has 7 nitrogen and oxygen atoms in total. The molecule has 1 atom stereocenters. The molecule has 1 spiro atoms. The monoisotopic (exact) mass is 372 g/mol. The van der Waals surface area contributed by atoms with Crippen LogP contribution in [-0.2, 0) is 18.3 Å². The van der Waals surface area contributed by atoms with Gasteiger partial charge in [0.1, 0.15) is 11.5 Å². The Balaban J connectivity index is 1.43. The summed E-state index contributed by atoms with van der Waals surface area (Å²) in [6.07, 6.45) is 5.44. The average Bonchev–Trinajstić information content (AvgIpc) is 3.38. The zero-order chi connectivity index (χ0) is 18.9. The van der Waals surface area contributed by atoms with E-state index >= 15 is 0 Å². The Labute approximate surface area is 159 Å². The molecule has 2 aliphatic rings. The minimum absolute atomic E-state index is 0.0820. The van der Waals surface area contributed by atoms with Gasteiger partial charge in [0.25, 0.3) is 5.91 Å². The van der Waals surface area contributed by atoms with E-state index in [4.69, 9.17) is 9.15 Å². The molecule has 0 N–H and O–H groups in total. The normalized spacial score (nSPS) is 22.6. The Morgan fingerprint density at radius 2 is 2.19 bits per heavy atom. The highest BCUT2D eigenvalue weighted by atomic mass is 16.5. The maximum atomic E-state index is 12.8. The van der Waals surface area contributed by atoms with Crippen molar-refractivity contribution < 1.29 is 13.9 Å². The Morgan fingerprint density at radius 3 is 2.81 bits per heavy atom. The van der Waals surface area contributed by atoms with Gasteiger partial charge in [-0.15, -0.1) is 0 Å². The van der Waals surface area contributed by atoms with E-state index in [1.165, 1.54) is 0 Å². The van der Waals surface area contributed by atoms with Crippen LogP contribution in [0.25, 0.3) is 0 Å². The standard InChI is InChI=1S/C20H28N4O3/c1-22-18(5-8-21-22)19(25)24-9-6-20(7-10-24)15-23(12-16(20)14-26-2)13-17-4-3-11-27-17/h3-5,8,11,16H,6-7,9-10,12-15H2,1-2H3/t16-/m0/s1. The van der Waals surface area contributed by atoms with Crippen molar-refractivity contribution in [2.24, 2.45) is 18.4 Å². The summed E-state index contributed by atoms with van der Waals surface area (Å²) < 4.78 is 12.7. The van der Waals surface area contributed by atoms with Crippen molar-refractivity contribution in [1.29, 1.82) is 0 Å². The Hall–Kier alpha value is -2.12. The molecule has 146 valence electrons. The van der Waals surface area contributed by atoms with Gasteiger partial charge in [-0.05, 0) is 36.5 Å². The molecule has 2 fully saturated rings. The molecular formula is C20H28N4O3. The van der Waals surface area contributed by atoms with Gasteiger partial charge in [0.15, 0.2) is 0 Å². The fourth-order valence-corrected chi connectivity index (χ4v) is 4.79. The van der Waals surface area contributed by atoms with Crippen molar-refractivity contribution in [2.75, 3.05) is 39.9 Å². The van der Waals surface area contributed by atoms with Crippen LogP contribution < -0.4 is 0 Å². The van der Waals surface area contributed by atoms with Crippen molar-refractivity contribution in [1.82, 2.24) is 19.6 Å². The SMILES string of the molecule is COC[C@@H]1CN(Cc2ccco2)CC12CCN(C(=O)c1ccnn1C)CC2. The summed E-state index contributed by atoms with van der Waals surface area (Å²) in [5.41, 5.74) is 0.872. The van der Waals surface area contributed by atoms with Gasteiger partial charge in [-0.3, -0.25) is 14.4 Å². The molecule has 0 saturated carbocycles. The molecule has 2 saturated heterocycles. The van der Waals surface area contributed by atoms with E-state index in [0.717, 1.165) is 57.9 Å². The van der Waals surface area contributed by atoms with E-state index in [9.17, 15) is 4.79 Å². The van der Waals surface area contributed by atoms with Gasteiger partial charge in [-0.25, -0.2) is 0 Å². The van der Waals surface area contributed by atoms with E-state index in [2.05, 4.69) is 10.00 Å². The Bertz CT molecular complexity index is 762. The van der Waals surface area contributed by atoms with Crippen molar-refractivity contribution in [3.8, 4) is 0 Å². The lowest BCUT2D eigenvalue weighted by Crippen LogP contribution is -2.47.